The quantitative estimate of drug-likeness (QED) is 0.883. The van der Waals surface area contributed by atoms with Gasteiger partial charge in [-0.15, -0.1) is 0 Å². The van der Waals surface area contributed by atoms with Gasteiger partial charge in [-0.25, -0.2) is 0 Å². The van der Waals surface area contributed by atoms with Crippen LogP contribution < -0.4 is 9.47 Å². The fraction of sp³-hybridized carbons (Fsp3) is 0.500. The van der Waals surface area contributed by atoms with Crippen LogP contribution in [0.1, 0.15) is 24.3 Å². The first-order valence-electron chi connectivity index (χ1n) is 6.23. The van der Waals surface area contributed by atoms with Crippen molar-refractivity contribution < 1.29 is 24.1 Å². The van der Waals surface area contributed by atoms with Crippen LogP contribution in [0.5, 0.6) is 11.5 Å². The Morgan fingerprint density at radius 2 is 2.21 bits per heavy atom. The van der Waals surface area contributed by atoms with Gasteiger partial charge in [0.25, 0.3) is 0 Å². The van der Waals surface area contributed by atoms with E-state index in [1.807, 2.05) is 0 Å². The molecule has 104 valence electrons. The molecule has 0 aliphatic carbocycles. The van der Waals surface area contributed by atoms with E-state index in [9.17, 15) is 9.90 Å². The lowest BCUT2D eigenvalue weighted by molar-refractivity contribution is -0.142. The summed E-state index contributed by atoms with van der Waals surface area (Å²) < 4.78 is 15.9. The van der Waals surface area contributed by atoms with Gasteiger partial charge in [-0.3, -0.25) is 4.79 Å². The Kier molecular flexibility index (Phi) is 4.27. The lowest BCUT2D eigenvalue weighted by Gasteiger charge is -2.21. The molecule has 1 heterocycles. The van der Waals surface area contributed by atoms with Crippen LogP contribution in [0.25, 0.3) is 0 Å². The molecule has 2 rings (SSSR count). The Hall–Kier alpha value is -1.75. The standard InChI is InChI=1S/C14H18O5/c1-17-9-5-6-10(12(8-9)18-2)13(14(15)16)11-4-3-7-19-11/h5-6,8,11,13H,3-4,7H2,1-2H3,(H,15,16). The van der Waals surface area contributed by atoms with E-state index in [0.717, 1.165) is 12.8 Å². The topological polar surface area (TPSA) is 65.0 Å². The van der Waals surface area contributed by atoms with Gasteiger partial charge in [-0.2, -0.15) is 0 Å². The number of ether oxygens (including phenoxy) is 3. The maximum atomic E-state index is 11.5. The fourth-order valence-corrected chi connectivity index (χ4v) is 2.43. The lowest BCUT2D eigenvalue weighted by atomic mass is 9.91. The van der Waals surface area contributed by atoms with E-state index in [-0.39, 0.29) is 6.10 Å². The second-order valence-corrected chi connectivity index (χ2v) is 4.48. The van der Waals surface area contributed by atoms with Crippen LogP contribution in [0.15, 0.2) is 18.2 Å². The summed E-state index contributed by atoms with van der Waals surface area (Å²) in [7, 11) is 3.08. The third kappa shape index (κ3) is 2.81. The zero-order chi connectivity index (χ0) is 13.8. The van der Waals surface area contributed by atoms with Gasteiger partial charge < -0.3 is 19.3 Å². The Morgan fingerprint density at radius 1 is 1.42 bits per heavy atom. The second-order valence-electron chi connectivity index (χ2n) is 4.48. The molecule has 1 N–H and O–H groups in total. The van der Waals surface area contributed by atoms with E-state index in [1.54, 1.807) is 25.3 Å². The van der Waals surface area contributed by atoms with Crippen molar-refractivity contribution in [2.75, 3.05) is 20.8 Å². The zero-order valence-electron chi connectivity index (χ0n) is 11.1. The summed E-state index contributed by atoms with van der Waals surface area (Å²) in [6, 6.07) is 5.17. The molecule has 1 fully saturated rings. The third-order valence-electron chi connectivity index (χ3n) is 3.38. The van der Waals surface area contributed by atoms with Crippen LogP contribution in [0.3, 0.4) is 0 Å². The number of aliphatic carboxylic acids is 1. The van der Waals surface area contributed by atoms with E-state index < -0.39 is 11.9 Å². The second kappa shape index (κ2) is 5.93. The highest BCUT2D eigenvalue weighted by Crippen LogP contribution is 2.36. The van der Waals surface area contributed by atoms with Crippen molar-refractivity contribution in [1.82, 2.24) is 0 Å². The predicted molar refractivity (Wildman–Crippen MR) is 68.9 cm³/mol. The monoisotopic (exact) mass is 266 g/mol. The van der Waals surface area contributed by atoms with Crippen molar-refractivity contribution in [3.05, 3.63) is 23.8 Å². The van der Waals surface area contributed by atoms with Crippen molar-refractivity contribution in [3.8, 4) is 11.5 Å². The molecular weight excluding hydrogens is 248 g/mol. The first kappa shape index (κ1) is 13.7. The van der Waals surface area contributed by atoms with Gasteiger partial charge in [-0.1, -0.05) is 6.07 Å². The van der Waals surface area contributed by atoms with E-state index in [4.69, 9.17) is 14.2 Å². The Morgan fingerprint density at radius 3 is 2.74 bits per heavy atom. The summed E-state index contributed by atoms with van der Waals surface area (Å²) in [6.45, 7) is 0.618. The molecule has 19 heavy (non-hydrogen) atoms. The molecule has 1 aliphatic heterocycles. The number of carbonyl (C=O) groups is 1. The number of carboxylic acids is 1. The van der Waals surface area contributed by atoms with E-state index >= 15 is 0 Å². The number of carboxylic acid groups (broad SMARTS) is 1. The molecule has 2 unspecified atom stereocenters. The number of benzene rings is 1. The average molecular weight is 266 g/mol. The first-order valence-corrected chi connectivity index (χ1v) is 6.23. The summed E-state index contributed by atoms with van der Waals surface area (Å²) in [4.78, 5) is 11.5. The SMILES string of the molecule is COc1ccc(C(C(=O)O)C2CCCO2)c(OC)c1. The predicted octanol–water partition coefficient (Wildman–Crippen LogP) is 2.05. The normalized spacial score (nSPS) is 20.0. The van der Waals surface area contributed by atoms with Crippen molar-refractivity contribution in [2.45, 2.75) is 24.9 Å². The largest absolute Gasteiger partial charge is 0.497 e. The smallest absolute Gasteiger partial charge is 0.313 e. The van der Waals surface area contributed by atoms with Crippen molar-refractivity contribution in [1.29, 1.82) is 0 Å². The van der Waals surface area contributed by atoms with Crippen LogP contribution in [-0.4, -0.2) is 38.0 Å². The number of hydrogen-bond acceptors (Lipinski definition) is 4. The summed E-state index contributed by atoms with van der Waals surface area (Å²) in [5, 5.41) is 9.47. The molecule has 0 amide bonds. The molecule has 0 bridgehead atoms. The molecule has 0 aromatic heterocycles. The van der Waals surface area contributed by atoms with E-state index in [1.165, 1.54) is 7.11 Å². The third-order valence-corrected chi connectivity index (χ3v) is 3.38. The fourth-order valence-electron chi connectivity index (χ4n) is 2.43. The zero-order valence-corrected chi connectivity index (χ0v) is 11.1. The lowest BCUT2D eigenvalue weighted by Crippen LogP contribution is -2.26. The molecule has 5 nitrogen and oxygen atoms in total. The van der Waals surface area contributed by atoms with Gasteiger partial charge in [0, 0.05) is 18.2 Å². The van der Waals surface area contributed by atoms with E-state index in [2.05, 4.69) is 0 Å². The first-order chi connectivity index (χ1) is 9.17. The van der Waals surface area contributed by atoms with E-state index in [0.29, 0.717) is 23.7 Å². The highest BCUT2D eigenvalue weighted by Gasteiger charge is 2.35. The van der Waals surface area contributed by atoms with Crippen LogP contribution in [0.2, 0.25) is 0 Å². The minimum Gasteiger partial charge on any atom is -0.497 e. The van der Waals surface area contributed by atoms with Gasteiger partial charge in [-0.05, 0) is 18.9 Å². The molecule has 0 saturated carbocycles. The number of hydrogen-bond donors (Lipinski definition) is 1. The minimum atomic E-state index is -0.893. The maximum Gasteiger partial charge on any atom is 0.313 e. The summed E-state index contributed by atoms with van der Waals surface area (Å²) in [5.41, 5.74) is 0.628. The van der Waals surface area contributed by atoms with Crippen LogP contribution in [0.4, 0.5) is 0 Å². The van der Waals surface area contributed by atoms with Gasteiger partial charge in [0.05, 0.1) is 20.3 Å². The molecule has 2 atom stereocenters. The highest BCUT2D eigenvalue weighted by atomic mass is 16.5. The maximum absolute atomic E-state index is 11.5. The van der Waals surface area contributed by atoms with Crippen molar-refractivity contribution in [3.63, 3.8) is 0 Å². The molecule has 1 aliphatic rings. The molecular formula is C14H18O5. The van der Waals surface area contributed by atoms with Gasteiger partial charge >= 0.3 is 5.97 Å². The molecule has 1 aromatic carbocycles. The molecule has 1 aromatic rings. The van der Waals surface area contributed by atoms with Gasteiger partial charge in [0.2, 0.25) is 0 Å². The summed E-state index contributed by atoms with van der Waals surface area (Å²) >= 11 is 0. The minimum absolute atomic E-state index is 0.292. The van der Waals surface area contributed by atoms with Crippen molar-refractivity contribution >= 4 is 5.97 Å². The van der Waals surface area contributed by atoms with Crippen LogP contribution >= 0.6 is 0 Å². The van der Waals surface area contributed by atoms with Gasteiger partial charge in [0.15, 0.2) is 0 Å². The summed E-state index contributed by atoms with van der Waals surface area (Å²) in [5.74, 6) is -0.446. The number of rotatable bonds is 5. The average Bonchev–Trinajstić information content (AvgIpc) is 2.92. The highest BCUT2D eigenvalue weighted by molar-refractivity contribution is 5.78. The Labute approximate surface area is 112 Å². The van der Waals surface area contributed by atoms with Gasteiger partial charge in [0.1, 0.15) is 17.4 Å². The molecule has 0 spiro atoms. The van der Waals surface area contributed by atoms with Crippen molar-refractivity contribution in [2.24, 2.45) is 0 Å². The Bertz CT molecular complexity index is 451. The number of methoxy groups -OCH3 is 2. The van der Waals surface area contributed by atoms with Crippen LogP contribution in [0, 0.1) is 0 Å². The molecule has 5 heteroatoms. The Balaban J connectivity index is 2.38. The molecule has 1 saturated heterocycles. The summed E-state index contributed by atoms with van der Waals surface area (Å²) in [6.07, 6.45) is 1.36. The van der Waals surface area contributed by atoms with Crippen LogP contribution in [-0.2, 0) is 9.53 Å². The molecule has 0 radical (unpaired) electrons.